The van der Waals surface area contributed by atoms with Gasteiger partial charge in [-0.3, -0.25) is 4.79 Å². The van der Waals surface area contributed by atoms with E-state index >= 15 is 0 Å². The Kier molecular flexibility index (Phi) is 5.91. The van der Waals surface area contributed by atoms with Crippen molar-refractivity contribution in [1.29, 1.82) is 0 Å². The number of carbonyl (C=O) groups excluding carboxylic acids is 1. The van der Waals surface area contributed by atoms with Crippen LogP contribution in [0.4, 0.5) is 10.1 Å². The Morgan fingerprint density at radius 2 is 1.83 bits per heavy atom. The number of anilines is 1. The molecule has 2 aromatic carbocycles. The molecule has 0 spiro atoms. The molecule has 154 valence electrons. The number of carbonyl (C=O) groups is 1. The van der Waals surface area contributed by atoms with Crippen LogP contribution in [0.3, 0.4) is 0 Å². The minimum Gasteiger partial charge on any atom is -0.379 e. The summed E-state index contributed by atoms with van der Waals surface area (Å²) in [6, 6.07) is 10.9. The highest BCUT2D eigenvalue weighted by molar-refractivity contribution is 7.99. The highest BCUT2D eigenvalue weighted by atomic mass is 32.2. The van der Waals surface area contributed by atoms with E-state index in [1.165, 1.54) is 10.4 Å². The molecule has 1 fully saturated rings. The summed E-state index contributed by atoms with van der Waals surface area (Å²) in [7, 11) is -3.82. The summed E-state index contributed by atoms with van der Waals surface area (Å²) in [5.41, 5.74) is 0.488. The number of thioether (sulfide) groups is 1. The summed E-state index contributed by atoms with van der Waals surface area (Å²) in [4.78, 5) is 15.7. The zero-order chi connectivity index (χ0) is 20.4. The Labute approximate surface area is 173 Å². The quantitative estimate of drug-likeness (QED) is 0.740. The third-order valence-corrected chi connectivity index (χ3v) is 8.00. The lowest BCUT2D eigenvalue weighted by Gasteiger charge is -2.26. The molecule has 9 heteroatoms. The van der Waals surface area contributed by atoms with Crippen molar-refractivity contribution >= 4 is 33.4 Å². The van der Waals surface area contributed by atoms with Gasteiger partial charge in [-0.2, -0.15) is 4.31 Å². The lowest BCUT2D eigenvalue weighted by molar-refractivity contribution is 0.0730. The van der Waals surface area contributed by atoms with E-state index in [4.69, 9.17) is 4.74 Å². The number of hydrogen-bond acceptors (Lipinski definition) is 5. The number of ether oxygens (including phenoxy) is 1. The summed E-state index contributed by atoms with van der Waals surface area (Å²) >= 11 is 1.65. The molecule has 0 unspecified atom stereocenters. The Morgan fingerprint density at radius 1 is 1.07 bits per heavy atom. The average molecular weight is 437 g/mol. The maximum Gasteiger partial charge on any atom is 0.261 e. The van der Waals surface area contributed by atoms with Gasteiger partial charge in [0.15, 0.2) is 0 Å². The highest BCUT2D eigenvalue weighted by Gasteiger charge is 2.30. The lowest BCUT2D eigenvalue weighted by Crippen LogP contribution is -2.40. The van der Waals surface area contributed by atoms with Crippen LogP contribution in [0.15, 0.2) is 52.3 Å². The van der Waals surface area contributed by atoms with E-state index in [9.17, 15) is 17.6 Å². The van der Waals surface area contributed by atoms with Gasteiger partial charge in [0.2, 0.25) is 10.0 Å². The molecule has 29 heavy (non-hydrogen) atoms. The molecule has 1 saturated heterocycles. The summed E-state index contributed by atoms with van der Waals surface area (Å²) < 4.78 is 47.0. The summed E-state index contributed by atoms with van der Waals surface area (Å²) in [6.45, 7) is 1.55. The first kappa shape index (κ1) is 20.3. The number of nitrogens with zero attached hydrogens (tertiary/aromatic N) is 2. The number of amides is 1. The van der Waals surface area contributed by atoms with E-state index in [0.29, 0.717) is 19.8 Å². The lowest BCUT2D eigenvalue weighted by atomic mass is 10.1. The normalized spacial score (nSPS) is 18.2. The van der Waals surface area contributed by atoms with E-state index in [-0.39, 0.29) is 23.5 Å². The van der Waals surface area contributed by atoms with Crippen molar-refractivity contribution in [2.24, 2.45) is 0 Å². The first-order valence-electron chi connectivity index (χ1n) is 9.39. The van der Waals surface area contributed by atoms with Crippen LogP contribution in [-0.2, 0) is 14.8 Å². The molecular formula is C20H21FN2O4S2. The van der Waals surface area contributed by atoms with Crippen LogP contribution < -0.4 is 4.90 Å². The van der Waals surface area contributed by atoms with Gasteiger partial charge in [-0.25, -0.2) is 12.8 Å². The number of para-hydroxylation sites is 1. The summed E-state index contributed by atoms with van der Waals surface area (Å²) in [5, 5.41) is 0. The van der Waals surface area contributed by atoms with Gasteiger partial charge in [0, 0.05) is 24.5 Å². The Bertz CT molecular complexity index is 1020. The molecule has 2 heterocycles. The van der Waals surface area contributed by atoms with Crippen molar-refractivity contribution in [1.82, 2.24) is 4.31 Å². The molecule has 0 radical (unpaired) electrons. The number of fused-ring (bicyclic) bond motifs is 1. The van der Waals surface area contributed by atoms with Crippen molar-refractivity contribution in [3.8, 4) is 0 Å². The summed E-state index contributed by atoms with van der Waals surface area (Å²) in [6.07, 6.45) is 0.762. The fraction of sp³-hybridized carbons (Fsp3) is 0.350. The third kappa shape index (κ3) is 4.05. The first-order chi connectivity index (χ1) is 14.0. The molecule has 0 bridgehead atoms. The van der Waals surface area contributed by atoms with E-state index in [2.05, 4.69) is 0 Å². The monoisotopic (exact) mass is 436 g/mol. The van der Waals surface area contributed by atoms with Gasteiger partial charge >= 0.3 is 0 Å². The molecule has 0 N–H and O–H groups in total. The predicted molar refractivity (Wildman–Crippen MR) is 109 cm³/mol. The largest absolute Gasteiger partial charge is 0.379 e. The van der Waals surface area contributed by atoms with Crippen LogP contribution in [0.1, 0.15) is 16.8 Å². The SMILES string of the molecule is O=C(c1cc(S(=O)(=O)N2CCOCC2)ccc1F)N1CCCSc2ccccc21. The zero-order valence-electron chi connectivity index (χ0n) is 15.7. The smallest absolute Gasteiger partial charge is 0.261 e. The molecule has 6 nitrogen and oxygen atoms in total. The molecule has 0 atom stereocenters. The minimum atomic E-state index is -3.82. The Morgan fingerprint density at radius 3 is 2.62 bits per heavy atom. The number of morpholine rings is 1. The minimum absolute atomic E-state index is 0.0818. The fourth-order valence-electron chi connectivity index (χ4n) is 3.45. The van der Waals surface area contributed by atoms with E-state index in [0.717, 1.165) is 34.9 Å². The van der Waals surface area contributed by atoms with Crippen molar-refractivity contribution in [3.63, 3.8) is 0 Å². The Balaban J connectivity index is 1.70. The van der Waals surface area contributed by atoms with Gasteiger partial charge in [0.25, 0.3) is 5.91 Å². The number of halogens is 1. The van der Waals surface area contributed by atoms with Gasteiger partial charge in [-0.05, 0) is 42.5 Å². The van der Waals surface area contributed by atoms with Gasteiger partial charge in [-0.1, -0.05) is 12.1 Å². The number of benzene rings is 2. The topological polar surface area (TPSA) is 66.9 Å². The fourth-order valence-corrected chi connectivity index (χ4v) is 5.88. The van der Waals surface area contributed by atoms with E-state index < -0.39 is 21.7 Å². The van der Waals surface area contributed by atoms with Gasteiger partial charge < -0.3 is 9.64 Å². The highest BCUT2D eigenvalue weighted by Crippen LogP contribution is 2.34. The molecule has 4 rings (SSSR count). The number of hydrogen-bond donors (Lipinski definition) is 0. The maximum absolute atomic E-state index is 14.6. The third-order valence-electron chi connectivity index (χ3n) is 4.96. The molecule has 2 aliphatic heterocycles. The van der Waals surface area contributed by atoms with Gasteiger partial charge in [0.05, 0.1) is 29.4 Å². The summed E-state index contributed by atoms with van der Waals surface area (Å²) in [5.74, 6) is -0.406. The molecule has 1 amide bonds. The van der Waals surface area contributed by atoms with Crippen LogP contribution in [-0.4, -0.2) is 57.2 Å². The second-order valence-electron chi connectivity index (χ2n) is 6.78. The second-order valence-corrected chi connectivity index (χ2v) is 9.86. The van der Waals surface area contributed by atoms with Crippen molar-refractivity contribution in [2.75, 3.05) is 43.5 Å². The maximum atomic E-state index is 14.6. The first-order valence-corrected chi connectivity index (χ1v) is 11.8. The number of sulfonamides is 1. The van der Waals surface area contributed by atoms with Crippen molar-refractivity contribution < 1.29 is 22.3 Å². The molecule has 2 aromatic rings. The molecule has 0 aromatic heterocycles. The predicted octanol–water partition coefficient (Wildman–Crippen LogP) is 2.99. The zero-order valence-corrected chi connectivity index (χ0v) is 17.3. The van der Waals surface area contributed by atoms with Crippen LogP contribution in [0.5, 0.6) is 0 Å². The van der Waals surface area contributed by atoms with Crippen LogP contribution in [0, 0.1) is 5.82 Å². The van der Waals surface area contributed by atoms with Gasteiger partial charge in [0.1, 0.15) is 5.82 Å². The number of rotatable bonds is 3. The average Bonchev–Trinajstić information content (AvgIpc) is 2.96. The van der Waals surface area contributed by atoms with Gasteiger partial charge in [-0.15, -0.1) is 11.8 Å². The second kappa shape index (κ2) is 8.43. The Hall–Kier alpha value is -1.94. The molecular weight excluding hydrogens is 415 g/mol. The van der Waals surface area contributed by atoms with Crippen molar-refractivity contribution in [2.45, 2.75) is 16.2 Å². The molecule has 0 aliphatic carbocycles. The molecule has 0 saturated carbocycles. The van der Waals surface area contributed by atoms with Crippen molar-refractivity contribution in [3.05, 3.63) is 53.8 Å². The van der Waals surface area contributed by atoms with E-state index in [1.54, 1.807) is 16.7 Å². The molecule has 2 aliphatic rings. The van der Waals surface area contributed by atoms with Crippen LogP contribution in [0.2, 0.25) is 0 Å². The van der Waals surface area contributed by atoms with Crippen LogP contribution in [0.25, 0.3) is 0 Å². The van der Waals surface area contributed by atoms with Crippen LogP contribution >= 0.6 is 11.8 Å². The van der Waals surface area contributed by atoms with E-state index in [1.807, 2.05) is 24.3 Å². The standard InChI is InChI=1S/C20H21FN2O4S2/c21-17-7-6-15(29(25,26)22-9-11-27-12-10-22)14-16(17)20(24)23-8-3-13-28-19-5-2-1-4-18(19)23/h1-2,4-7,14H,3,8-13H2.